The number of carbonyl (C=O) groups is 2. The van der Waals surface area contributed by atoms with Crippen LogP contribution in [0.3, 0.4) is 0 Å². The van der Waals surface area contributed by atoms with Crippen molar-refractivity contribution in [3.05, 3.63) is 36.2 Å². The number of amides is 1. The van der Waals surface area contributed by atoms with E-state index in [1.807, 2.05) is 12.1 Å². The quantitative estimate of drug-likeness (QED) is 0.688. The van der Waals surface area contributed by atoms with Gasteiger partial charge in [-0.15, -0.1) is 5.10 Å². The van der Waals surface area contributed by atoms with Gasteiger partial charge in [0.2, 0.25) is 5.91 Å². The standard InChI is InChI=1S/C14H17N5O4/c1-23-12-5-3-2-4-10(12)6-11(14(21)22)7-15-13(20)8-19-9-16-17-18-19/h2-5,9,11H,6-8H2,1H3,(H,15,20)(H,21,22). The van der Waals surface area contributed by atoms with E-state index in [-0.39, 0.29) is 25.4 Å². The van der Waals surface area contributed by atoms with Crippen molar-refractivity contribution in [2.75, 3.05) is 13.7 Å². The first-order valence-electron chi connectivity index (χ1n) is 6.92. The number of methoxy groups -OCH3 is 1. The number of tetrazole rings is 1. The second-order valence-corrected chi connectivity index (χ2v) is 4.86. The third-order valence-corrected chi connectivity index (χ3v) is 3.25. The summed E-state index contributed by atoms with van der Waals surface area (Å²) in [5.74, 6) is -1.48. The van der Waals surface area contributed by atoms with Gasteiger partial charge in [0.25, 0.3) is 0 Å². The van der Waals surface area contributed by atoms with E-state index in [1.165, 1.54) is 18.1 Å². The number of hydrogen-bond acceptors (Lipinski definition) is 6. The minimum atomic E-state index is -0.987. The van der Waals surface area contributed by atoms with Crippen LogP contribution >= 0.6 is 0 Å². The van der Waals surface area contributed by atoms with Crippen LogP contribution in [-0.2, 0) is 22.6 Å². The van der Waals surface area contributed by atoms with Crippen LogP contribution in [-0.4, -0.2) is 50.8 Å². The number of aliphatic carboxylic acids is 1. The maximum Gasteiger partial charge on any atom is 0.308 e. The van der Waals surface area contributed by atoms with Crippen molar-refractivity contribution in [2.45, 2.75) is 13.0 Å². The van der Waals surface area contributed by atoms with Gasteiger partial charge in [0, 0.05) is 6.54 Å². The van der Waals surface area contributed by atoms with E-state index in [1.54, 1.807) is 12.1 Å². The molecule has 0 aliphatic rings. The van der Waals surface area contributed by atoms with E-state index < -0.39 is 11.9 Å². The molecule has 1 unspecified atom stereocenters. The highest BCUT2D eigenvalue weighted by Gasteiger charge is 2.20. The monoisotopic (exact) mass is 319 g/mol. The Morgan fingerprint density at radius 2 is 2.17 bits per heavy atom. The topological polar surface area (TPSA) is 119 Å². The predicted octanol–water partition coefficient (Wildman–Crippen LogP) is -0.259. The number of aromatic nitrogens is 4. The summed E-state index contributed by atoms with van der Waals surface area (Å²) in [7, 11) is 1.53. The largest absolute Gasteiger partial charge is 0.496 e. The summed E-state index contributed by atoms with van der Waals surface area (Å²) in [5.41, 5.74) is 0.775. The van der Waals surface area contributed by atoms with Gasteiger partial charge in [-0.1, -0.05) is 18.2 Å². The molecule has 0 aliphatic carbocycles. The Labute approximate surface area is 132 Å². The molecule has 0 radical (unpaired) electrons. The fourth-order valence-corrected chi connectivity index (χ4v) is 2.08. The first-order chi connectivity index (χ1) is 11.1. The first kappa shape index (κ1) is 16.4. The van der Waals surface area contributed by atoms with Gasteiger partial charge in [-0.3, -0.25) is 9.59 Å². The number of hydrogen-bond donors (Lipinski definition) is 2. The highest BCUT2D eigenvalue weighted by Crippen LogP contribution is 2.20. The lowest BCUT2D eigenvalue weighted by molar-refractivity contribution is -0.141. The van der Waals surface area contributed by atoms with Crippen LogP contribution in [0.1, 0.15) is 5.56 Å². The number of carboxylic acids is 1. The first-order valence-corrected chi connectivity index (χ1v) is 6.92. The summed E-state index contributed by atoms with van der Waals surface area (Å²) in [6, 6.07) is 7.20. The normalized spacial score (nSPS) is 11.7. The van der Waals surface area contributed by atoms with Crippen molar-refractivity contribution in [1.29, 1.82) is 0 Å². The molecule has 0 bridgehead atoms. The zero-order valence-corrected chi connectivity index (χ0v) is 12.5. The Morgan fingerprint density at radius 1 is 1.39 bits per heavy atom. The number of para-hydroxylation sites is 1. The smallest absolute Gasteiger partial charge is 0.308 e. The Hall–Kier alpha value is -2.97. The van der Waals surface area contributed by atoms with Gasteiger partial charge in [0.1, 0.15) is 18.6 Å². The molecule has 23 heavy (non-hydrogen) atoms. The molecule has 0 spiro atoms. The lowest BCUT2D eigenvalue weighted by Crippen LogP contribution is -2.36. The Kier molecular flexibility index (Phi) is 5.61. The van der Waals surface area contributed by atoms with Crippen molar-refractivity contribution in [1.82, 2.24) is 25.5 Å². The molecule has 0 saturated carbocycles. The predicted molar refractivity (Wildman–Crippen MR) is 78.7 cm³/mol. The molecule has 0 saturated heterocycles. The zero-order valence-electron chi connectivity index (χ0n) is 12.5. The molecule has 9 nitrogen and oxygen atoms in total. The van der Waals surface area contributed by atoms with Crippen LogP contribution in [0.2, 0.25) is 0 Å². The molecular formula is C14H17N5O4. The van der Waals surface area contributed by atoms with Crippen molar-refractivity contribution < 1.29 is 19.4 Å². The molecule has 2 aromatic rings. The minimum absolute atomic E-state index is 0.00827. The molecule has 9 heteroatoms. The summed E-state index contributed by atoms with van der Waals surface area (Å²) in [6.07, 6.45) is 1.56. The number of carbonyl (C=O) groups excluding carboxylic acids is 1. The molecule has 1 aromatic heterocycles. The van der Waals surface area contributed by atoms with Gasteiger partial charge in [-0.2, -0.15) is 0 Å². The highest BCUT2D eigenvalue weighted by molar-refractivity contribution is 5.77. The molecule has 122 valence electrons. The van der Waals surface area contributed by atoms with Gasteiger partial charge < -0.3 is 15.2 Å². The number of nitrogens with one attached hydrogen (secondary N) is 1. The number of benzene rings is 1. The Bertz CT molecular complexity index is 659. The summed E-state index contributed by atoms with van der Waals surface area (Å²) >= 11 is 0. The molecule has 2 N–H and O–H groups in total. The van der Waals surface area contributed by atoms with Crippen LogP contribution in [0.4, 0.5) is 0 Å². The Morgan fingerprint density at radius 3 is 2.83 bits per heavy atom. The summed E-state index contributed by atoms with van der Waals surface area (Å²) in [6.45, 7) is -0.0532. The Balaban J connectivity index is 1.93. The average Bonchev–Trinajstić information content (AvgIpc) is 3.04. The van der Waals surface area contributed by atoms with E-state index in [4.69, 9.17) is 4.74 Å². The molecule has 1 heterocycles. The van der Waals surface area contributed by atoms with Gasteiger partial charge in [-0.25, -0.2) is 4.68 Å². The molecule has 0 fully saturated rings. The highest BCUT2D eigenvalue weighted by atomic mass is 16.5. The van der Waals surface area contributed by atoms with Gasteiger partial charge in [0.05, 0.1) is 13.0 Å². The van der Waals surface area contributed by atoms with E-state index in [2.05, 4.69) is 20.8 Å². The minimum Gasteiger partial charge on any atom is -0.496 e. The van der Waals surface area contributed by atoms with E-state index >= 15 is 0 Å². The SMILES string of the molecule is COc1ccccc1CC(CNC(=O)Cn1cnnn1)C(=O)O. The lowest BCUT2D eigenvalue weighted by Gasteiger charge is -2.15. The fourth-order valence-electron chi connectivity index (χ4n) is 2.08. The number of ether oxygens (including phenoxy) is 1. The third-order valence-electron chi connectivity index (χ3n) is 3.25. The van der Waals surface area contributed by atoms with Crippen LogP contribution in [0.5, 0.6) is 5.75 Å². The van der Waals surface area contributed by atoms with Gasteiger partial charge >= 0.3 is 5.97 Å². The molecule has 1 aromatic carbocycles. The number of rotatable bonds is 8. The lowest BCUT2D eigenvalue weighted by atomic mass is 9.98. The summed E-state index contributed by atoms with van der Waals surface area (Å²) < 4.78 is 6.47. The van der Waals surface area contributed by atoms with E-state index in [9.17, 15) is 14.7 Å². The van der Waals surface area contributed by atoms with Crippen molar-refractivity contribution in [3.8, 4) is 5.75 Å². The van der Waals surface area contributed by atoms with Crippen LogP contribution in [0.15, 0.2) is 30.6 Å². The summed E-state index contributed by atoms with van der Waals surface area (Å²) in [5, 5.41) is 22.3. The fraction of sp³-hybridized carbons (Fsp3) is 0.357. The number of carboxylic acid groups (broad SMARTS) is 1. The summed E-state index contributed by atoms with van der Waals surface area (Å²) in [4.78, 5) is 23.2. The van der Waals surface area contributed by atoms with Crippen LogP contribution in [0, 0.1) is 5.92 Å². The third kappa shape index (κ3) is 4.77. The molecular weight excluding hydrogens is 302 g/mol. The maximum absolute atomic E-state index is 11.8. The molecule has 2 rings (SSSR count). The van der Waals surface area contributed by atoms with Crippen molar-refractivity contribution >= 4 is 11.9 Å². The van der Waals surface area contributed by atoms with Gasteiger partial charge in [0.15, 0.2) is 0 Å². The van der Waals surface area contributed by atoms with E-state index in [0.29, 0.717) is 5.75 Å². The molecule has 0 aliphatic heterocycles. The van der Waals surface area contributed by atoms with Crippen LogP contribution < -0.4 is 10.1 Å². The number of nitrogens with zero attached hydrogens (tertiary/aromatic N) is 4. The van der Waals surface area contributed by atoms with Crippen LogP contribution in [0.25, 0.3) is 0 Å². The van der Waals surface area contributed by atoms with E-state index in [0.717, 1.165) is 5.56 Å². The molecule has 1 amide bonds. The van der Waals surface area contributed by atoms with Crippen molar-refractivity contribution in [2.24, 2.45) is 5.92 Å². The second-order valence-electron chi connectivity index (χ2n) is 4.86. The molecule has 1 atom stereocenters. The second kappa shape index (κ2) is 7.87. The van der Waals surface area contributed by atoms with Gasteiger partial charge in [-0.05, 0) is 28.5 Å². The zero-order chi connectivity index (χ0) is 16.7. The average molecular weight is 319 g/mol. The van der Waals surface area contributed by atoms with Crippen molar-refractivity contribution in [3.63, 3.8) is 0 Å². The maximum atomic E-state index is 11.8.